The maximum Gasteiger partial charge on any atom is 0.407 e. The smallest absolute Gasteiger partial charge is 0.407 e. The first-order valence-electron chi connectivity index (χ1n) is 9.16. The van der Waals surface area contributed by atoms with Crippen molar-refractivity contribution in [3.63, 3.8) is 0 Å². The van der Waals surface area contributed by atoms with Crippen LogP contribution >= 0.6 is 23.1 Å². The van der Waals surface area contributed by atoms with Crippen LogP contribution < -0.4 is 10.6 Å². The predicted octanol–water partition coefficient (Wildman–Crippen LogP) is 4.57. The van der Waals surface area contributed by atoms with E-state index in [2.05, 4.69) is 34.7 Å². The van der Waals surface area contributed by atoms with Crippen LogP contribution in [0.4, 0.5) is 9.93 Å². The van der Waals surface area contributed by atoms with E-state index in [4.69, 9.17) is 4.74 Å². The molecule has 0 fully saturated rings. The van der Waals surface area contributed by atoms with E-state index in [1.165, 1.54) is 28.7 Å². The summed E-state index contributed by atoms with van der Waals surface area (Å²) in [6, 6.07) is 8.28. The Morgan fingerprint density at radius 2 is 1.93 bits per heavy atom. The lowest BCUT2D eigenvalue weighted by Crippen LogP contribution is -2.33. The molecule has 1 heterocycles. The van der Waals surface area contributed by atoms with Crippen molar-refractivity contribution in [2.45, 2.75) is 39.7 Å². The third-order valence-corrected chi connectivity index (χ3v) is 5.27. The van der Waals surface area contributed by atoms with Crippen molar-refractivity contribution in [2.24, 2.45) is 0 Å². The molecule has 0 unspecified atom stereocenters. The number of alkyl carbamates (subject to hydrolysis) is 1. The normalized spacial score (nSPS) is 11.1. The van der Waals surface area contributed by atoms with Gasteiger partial charge in [0, 0.05) is 23.2 Å². The van der Waals surface area contributed by atoms with Crippen molar-refractivity contribution < 1.29 is 14.3 Å². The van der Waals surface area contributed by atoms with Crippen molar-refractivity contribution >= 4 is 40.2 Å². The summed E-state index contributed by atoms with van der Waals surface area (Å²) < 4.78 is 5.15. The van der Waals surface area contributed by atoms with E-state index in [-0.39, 0.29) is 5.91 Å². The molecule has 0 bridgehead atoms. The molecule has 2 amide bonds. The molecule has 1 aromatic heterocycles. The summed E-state index contributed by atoms with van der Waals surface area (Å²) >= 11 is 2.85. The zero-order chi connectivity index (χ0) is 20.6. The highest BCUT2D eigenvalue weighted by atomic mass is 32.2. The van der Waals surface area contributed by atoms with E-state index >= 15 is 0 Å². The number of nitrogens with one attached hydrogen (secondary N) is 2. The fraction of sp³-hybridized carbons (Fsp3) is 0.450. The fourth-order valence-electron chi connectivity index (χ4n) is 2.23. The van der Waals surface area contributed by atoms with Gasteiger partial charge in [0.05, 0.1) is 11.4 Å². The minimum absolute atomic E-state index is 0.107. The van der Waals surface area contributed by atoms with Crippen LogP contribution in [0.2, 0.25) is 0 Å². The number of nitrogens with zero attached hydrogens (tertiary/aromatic N) is 1. The Morgan fingerprint density at radius 3 is 2.57 bits per heavy atom. The SMILES string of the molecule is CCc1ccc(-c2csc(NC(=O)CSCCNC(=O)OC(C)(C)C)n2)cc1. The second kappa shape index (κ2) is 10.5. The van der Waals surface area contributed by atoms with E-state index in [0.717, 1.165) is 17.7 Å². The number of hydrogen-bond donors (Lipinski definition) is 2. The lowest BCUT2D eigenvalue weighted by atomic mass is 10.1. The summed E-state index contributed by atoms with van der Waals surface area (Å²) in [6.45, 7) is 8.01. The fourth-order valence-corrected chi connectivity index (χ4v) is 3.62. The number of aryl methyl sites for hydroxylation is 1. The first-order valence-corrected chi connectivity index (χ1v) is 11.2. The Bertz CT molecular complexity index is 783. The zero-order valence-electron chi connectivity index (χ0n) is 16.7. The number of hydrogen-bond acceptors (Lipinski definition) is 6. The van der Waals surface area contributed by atoms with E-state index in [1.54, 1.807) is 0 Å². The van der Waals surface area contributed by atoms with Crippen molar-refractivity contribution in [3.05, 3.63) is 35.2 Å². The van der Waals surface area contributed by atoms with Crippen LogP contribution in [0.3, 0.4) is 0 Å². The Kier molecular flexibility index (Phi) is 8.32. The molecule has 0 spiro atoms. The van der Waals surface area contributed by atoms with Crippen LogP contribution in [-0.4, -0.2) is 40.6 Å². The van der Waals surface area contributed by atoms with Crippen LogP contribution in [0, 0.1) is 0 Å². The third-order valence-electron chi connectivity index (χ3n) is 3.56. The maximum absolute atomic E-state index is 12.0. The van der Waals surface area contributed by atoms with Gasteiger partial charge in [0.1, 0.15) is 5.60 Å². The van der Waals surface area contributed by atoms with E-state index < -0.39 is 11.7 Å². The van der Waals surface area contributed by atoms with Gasteiger partial charge >= 0.3 is 6.09 Å². The van der Waals surface area contributed by atoms with Crippen LogP contribution in [0.15, 0.2) is 29.6 Å². The molecule has 0 saturated carbocycles. The van der Waals surface area contributed by atoms with Gasteiger partial charge in [-0.15, -0.1) is 11.3 Å². The lowest BCUT2D eigenvalue weighted by Gasteiger charge is -2.19. The van der Waals surface area contributed by atoms with Crippen LogP contribution in [0.25, 0.3) is 11.3 Å². The van der Waals surface area contributed by atoms with Crippen LogP contribution in [0.5, 0.6) is 0 Å². The summed E-state index contributed by atoms with van der Waals surface area (Å²) in [5.41, 5.74) is 2.67. The molecule has 0 aliphatic rings. The van der Waals surface area contributed by atoms with Gasteiger partial charge in [-0.1, -0.05) is 31.2 Å². The molecular formula is C20H27N3O3S2. The number of rotatable bonds is 8. The molecule has 0 atom stereocenters. The molecule has 1 aromatic carbocycles. The van der Waals surface area contributed by atoms with Crippen molar-refractivity contribution in [1.82, 2.24) is 10.3 Å². The molecule has 152 valence electrons. The molecule has 0 radical (unpaired) electrons. The Balaban J connectivity index is 1.69. The summed E-state index contributed by atoms with van der Waals surface area (Å²) in [5, 5.41) is 8.02. The van der Waals surface area contributed by atoms with Crippen LogP contribution in [0.1, 0.15) is 33.3 Å². The topological polar surface area (TPSA) is 80.3 Å². The minimum Gasteiger partial charge on any atom is -0.444 e. The lowest BCUT2D eigenvalue weighted by molar-refractivity contribution is -0.113. The molecule has 0 saturated heterocycles. The van der Waals surface area contributed by atoms with Gasteiger partial charge < -0.3 is 15.4 Å². The van der Waals surface area contributed by atoms with Gasteiger partial charge in [0.25, 0.3) is 0 Å². The van der Waals surface area contributed by atoms with Gasteiger partial charge in [-0.3, -0.25) is 4.79 Å². The molecule has 2 N–H and O–H groups in total. The van der Waals surface area contributed by atoms with E-state index in [0.29, 0.717) is 23.2 Å². The van der Waals surface area contributed by atoms with Crippen molar-refractivity contribution in [2.75, 3.05) is 23.4 Å². The Labute approximate surface area is 174 Å². The zero-order valence-corrected chi connectivity index (χ0v) is 18.3. The molecular weight excluding hydrogens is 394 g/mol. The number of ether oxygens (including phenoxy) is 1. The van der Waals surface area contributed by atoms with Crippen molar-refractivity contribution in [1.29, 1.82) is 0 Å². The van der Waals surface area contributed by atoms with Crippen LogP contribution in [-0.2, 0) is 16.0 Å². The summed E-state index contributed by atoms with van der Waals surface area (Å²) in [5.74, 6) is 0.819. The second-order valence-electron chi connectivity index (χ2n) is 7.12. The first-order chi connectivity index (χ1) is 13.3. The largest absolute Gasteiger partial charge is 0.444 e. The number of anilines is 1. The number of aromatic nitrogens is 1. The van der Waals surface area contributed by atoms with Gasteiger partial charge in [-0.2, -0.15) is 11.8 Å². The summed E-state index contributed by atoms with van der Waals surface area (Å²) in [6.07, 6.45) is 0.559. The number of carbonyl (C=O) groups excluding carboxylic acids is 2. The number of amides is 2. The van der Waals surface area contributed by atoms with Gasteiger partial charge in [-0.25, -0.2) is 9.78 Å². The van der Waals surface area contributed by atoms with Gasteiger partial charge in [0.15, 0.2) is 5.13 Å². The van der Waals surface area contributed by atoms with E-state index in [9.17, 15) is 9.59 Å². The molecule has 2 aromatic rings. The minimum atomic E-state index is -0.512. The summed E-state index contributed by atoms with van der Waals surface area (Å²) in [7, 11) is 0. The highest BCUT2D eigenvalue weighted by Crippen LogP contribution is 2.25. The van der Waals surface area contributed by atoms with E-state index in [1.807, 2.05) is 38.3 Å². The van der Waals surface area contributed by atoms with Gasteiger partial charge in [0.2, 0.25) is 5.91 Å². The highest BCUT2D eigenvalue weighted by Gasteiger charge is 2.15. The quantitative estimate of drug-likeness (QED) is 0.610. The van der Waals surface area contributed by atoms with Crippen molar-refractivity contribution in [3.8, 4) is 11.3 Å². The molecule has 0 aliphatic carbocycles. The summed E-state index contributed by atoms with van der Waals surface area (Å²) in [4.78, 5) is 28.1. The third kappa shape index (κ3) is 7.90. The standard InChI is InChI=1S/C20H27N3O3S2/c1-5-14-6-8-15(9-7-14)16-12-28-18(22-16)23-17(24)13-27-11-10-21-19(25)26-20(2,3)4/h6-9,12H,5,10-11,13H2,1-4H3,(H,21,25)(H,22,23,24). The molecule has 2 rings (SSSR count). The number of thioether (sulfide) groups is 1. The Hall–Kier alpha value is -2.06. The second-order valence-corrected chi connectivity index (χ2v) is 9.08. The highest BCUT2D eigenvalue weighted by molar-refractivity contribution is 7.99. The number of carbonyl (C=O) groups is 2. The number of thiazole rings is 1. The maximum atomic E-state index is 12.0. The average molecular weight is 422 g/mol. The molecule has 8 heteroatoms. The Morgan fingerprint density at radius 1 is 1.21 bits per heavy atom. The molecule has 0 aliphatic heterocycles. The first kappa shape index (κ1) is 22.2. The molecule has 6 nitrogen and oxygen atoms in total. The molecule has 28 heavy (non-hydrogen) atoms. The average Bonchev–Trinajstić information content (AvgIpc) is 3.08. The number of benzene rings is 1. The monoisotopic (exact) mass is 421 g/mol. The van der Waals surface area contributed by atoms with Gasteiger partial charge in [-0.05, 0) is 32.8 Å². The predicted molar refractivity (Wildman–Crippen MR) is 117 cm³/mol.